The minimum absolute atomic E-state index is 0.0327. The number of benzene rings is 3. The fraction of sp³-hybridized carbons (Fsp3) is 0.250. The van der Waals surface area contributed by atoms with E-state index in [0.29, 0.717) is 30.0 Å². The molecule has 12 heteroatoms. The van der Waals surface area contributed by atoms with Crippen LogP contribution in [0.15, 0.2) is 84.0 Å². The summed E-state index contributed by atoms with van der Waals surface area (Å²) in [6.45, 7) is 0.305. The third kappa shape index (κ3) is 7.50. The van der Waals surface area contributed by atoms with Gasteiger partial charge in [0.15, 0.2) is 0 Å². The van der Waals surface area contributed by atoms with Gasteiger partial charge in [-0.1, -0.05) is 30.3 Å². The molecule has 0 aliphatic carbocycles. The normalized spacial score (nSPS) is 16.5. The molecule has 1 saturated heterocycles. The number of nitrogens with zero attached hydrogens (tertiary/aromatic N) is 4. The van der Waals surface area contributed by atoms with Gasteiger partial charge in [-0.15, -0.1) is 0 Å². The van der Waals surface area contributed by atoms with E-state index in [0.717, 1.165) is 10.6 Å². The Morgan fingerprint density at radius 2 is 1.65 bits per heavy atom. The molecule has 3 aromatic rings. The van der Waals surface area contributed by atoms with Crippen molar-refractivity contribution < 1.29 is 28.7 Å². The summed E-state index contributed by atoms with van der Waals surface area (Å²) in [5.74, 6) is 0.695. The number of carbonyl (C=O) groups is 2. The van der Waals surface area contributed by atoms with E-state index in [2.05, 4.69) is 17.7 Å². The summed E-state index contributed by atoms with van der Waals surface area (Å²) < 4.78 is 16.1. The van der Waals surface area contributed by atoms with Gasteiger partial charge in [-0.25, -0.2) is 9.59 Å². The number of likely N-dealkylation sites (tertiary alicyclic amines) is 1. The third-order valence-corrected chi connectivity index (χ3v) is 6.49. The van der Waals surface area contributed by atoms with Crippen LogP contribution in [0, 0.1) is 10.1 Å². The summed E-state index contributed by atoms with van der Waals surface area (Å²) >= 11 is 4.53. The summed E-state index contributed by atoms with van der Waals surface area (Å²) in [5, 5.41) is 16.3. The fourth-order valence-corrected chi connectivity index (χ4v) is 4.39. The van der Waals surface area contributed by atoms with Crippen molar-refractivity contribution in [3.8, 4) is 5.75 Å². The van der Waals surface area contributed by atoms with Crippen molar-refractivity contribution in [2.75, 3.05) is 18.7 Å². The number of thiol groups is 1. The van der Waals surface area contributed by atoms with Crippen LogP contribution in [0.1, 0.15) is 17.5 Å². The quantitative estimate of drug-likeness (QED) is 0.159. The number of nitro benzene ring substituents is 1. The molecule has 0 aromatic heterocycles. The van der Waals surface area contributed by atoms with Crippen LogP contribution in [0.25, 0.3) is 0 Å². The van der Waals surface area contributed by atoms with Crippen molar-refractivity contribution in [3.05, 3.63) is 100 Å². The number of para-hydroxylation sites is 1. The number of non-ortho nitro benzene ring substituents is 1. The average Bonchev–Trinajstić information content (AvgIpc) is 3.36. The predicted octanol–water partition coefficient (Wildman–Crippen LogP) is 5.44. The van der Waals surface area contributed by atoms with Crippen LogP contribution in [0.5, 0.6) is 5.75 Å². The zero-order valence-electron chi connectivity index (χ0n) is 21.7. The lowest BCUT2D eigenvalue weighted by molar-refractivity contribution is -0.384. The Kier molecular flexibility index (Phi) is 9.57. The second kappa shape index (κ2) is 13.5. The SMILES string of the molecule is COc1ccc(COC(=O)N(N=C[C@@H]2C[C@H](S)CN2C(=O)OCc2ccc([N+](=O)[O-])cc2)c2ccccc2)cc1. The van der Waals surface area contributed by atoms with E-state index in [9.17, 15) is 19.7 Å². The van der Waals surface area contributed by atoms with Gasteiger partial charge in [0, 0.05) is 30.1 Å². The smallest absolute Gasteiger partial charge is 0.435 e. The van der Waals surface area contributed by atoms with Crippen LogP contribution in [-0.4, -0.2) is 53.2 Å². The Morgan fingerprint density at radius 3 is 2.27 bits per heavy atom. The number of nitro groups is 1. The minimum Gasteiger partial charge on any atom is -0.497 e. The molecule has 1 aliphatic heterocycles. The molecule has 2 amide bonds. The standard InChI is InChI=1S/C28H28N4O7S/c1-37-25-13-9-21(10-14-25)19-39-28(34)31(22-5-3-2-4-6-22)29-16-24-15-26(40)17-30(24)27(33)38-18-20-7-11-23(12-8-20)32(35)36/h2-14,16,24,26,40H,15,17-19H2,1H3/t24-,26-/m0/s1. The molecule has 1 fully saturated rings. The summed E-state index contributed by atoms with van der Waals surface area (Å²) in [4.78, 5) is 37.8. The Hall–Kier alpha value is -4.58. The van der Waals surface area contributed by atoms with Crippen molar-refractivity contribution in [3.63, 3.8) is 0 Å². The van der Waals surface area contributed by atoms with E-state index < -0.39 is 23.2 Å². The van der Waals surface area contributed by atoms with Crippen molar-refractivity contribution in [1.29, 1.82) is 0 Å². The zero-order valence-corrected chi connectivity index (χ0v) is 22.6. The van der Waals surface area contributed by atoms with E-state index in [1.54, 1.807) is 55.6 Å². The largest absolute Gasteiger partial charge is 0.497 e. The number of methoxy groups -OCH3 is 1. The molecule has 0 spiro atoms. The number of hydrazone groups is 1. The van der Waals surface area contributed by atoms with Crippen LogP contribution in [0.2, 0.25) is 0 Å². The number of ether oxygens (including phenoxy) is 3. The van der Waals surface area contributed by atoms with Gasteiger partial charge < -0.3 is 14.2 Å². The molecule has 1 aliphatic rings. The summed E-state index contributed by atoms with van der Waals surface area (Å²) in [6.07, 6.45) is 0.735. The number of carbonyl (C=O) groups excluding carboxylic acids is 2. The lowest BCUT2D eigenvalue weighted by Gasteiger charge is -2.22. The zero-order chi connectivity index (χ0) is 28.5. The molecule has 0 radical (unpaired) electrons. The van der Waals surface area contributed by atoms with Gasteiger partial charge in [-0.2, -0.15) is 22.7 Å². The van der Waals surface area contributed by atoms with E-state index in [4.69, 9.17) is 14.2 Å². The van der Waals surface area contributed by atoms with Crippen molar-refractivity contribution >= 4 is 42.4 Å². The molecular formula is C28H28N4O7S. The maximum atomic E-state index is 13.1. The van der Waals surface area contributed by atoms with Gasteiger partial charge in [0.1, 0.15) is 19.0 Å². The van der Waals surface area contributed by atoms with Gasteiger partial charge in [-0.3, -0.25) is 15.0 Å². The molecule has 4 rings (SSSR count). The van der Waals surface area contributed by atoms with Crippen LogP contribution in [0.4, 0.5) is 21.0 Å². The Morgan fingerprint density at radius 1 is 1.02 bits per heavy atom. The summed E-state index contributed by atoms with van der Waals surface area (Å²) in [7, 11) is 1.57. The first-order valence-corrected chi connectivity index (χ1v) is 12.9. The van der Waals surface area contributed by atoms with Crippen molar-refractivity contribution in [2.45, 2.75) is 30.9 Å². The fourth-order valence-electron chi connectivity index (χ4n) is 4.00. The molecule has 0 unspecified atom stereocenters. The highest BCUT2D eigenvalue weighted by atomic mass is 32.1. The molecule has 3 aromatic carbocycles. The molecule has 40 heavy (non-hydrogen) atoms. The monoisotopic (exact) mass is 564 g/mol. The molecule has 1 heterocycles. The highest BCUT2D eigenvalue weighted by molar-refractivity contribution is 7.81. The van der Waals surface area contributed by atoms with Crippen LogP contribution in [-0.2, 0) is 22.7 Å². The number of amides is 2. The molecule has 11 nitrogen and oxygen atoms in total. The van der Waals surface area contributed by atoms with Crippen LogP contribution in [0.3, 0.4) is 0 Å². The minimum atomic E-state index is -0.689. The van der Waals surface area contributed by atoms with E-state index in [-0.39, 0.29) is 24.2 Å². The molecule has 208 valence electrons. The van der Waals surface area contributed by atoms with Gasteiger partial charge in [0.2, 0.25) is 0 Å². The van der Waals surface area contributed by atoms with Crippen molar-refractivity contribution in [1.82, 2.24) is 4.90 Å². The van der Waals surface area contributed by atoms with E-state index >= 15 is 0 Å². The maximum Gasteiger partial charge on any atom is 0.435 e. The van der Waals surface area contributed by atoms with Gasteiger partial charge in [0.25, 0.3) is 5.69 Å². The Labute approximate surface area is 236 Å². The maximum absolute atomic E-state index is 13.1. The van der Waals surface area contributed by atoms with E-state index in [1.165, 1.54) is 35.4 Å². The number of anilines is 1. The molecule has 2 atom stereocenters. The Bertz CT molecular complexity index is 1340. The first-order chi connectivity index (χ1) is 19.3. The summed E-state index contributed by atoms with van der Waals surface area (Å²) in [6, 6.07) is 21.2. The van der Waals surface area contributed by atoms with Crippen LogP contribution >= 0.6 is 12.6 Å². The van der Waals surface area contributed by atoms with Crippen molar-refractivity contribution in [2.24, 2.45) is 5.10 Å². The van der Waals surface area contributed by atoms with Gasteiger partial charge in [0.05, 0.1) is 23.8 Å². The first-order valence-electron chi connectivity index (χ1n) is 12.4. The number of hydrogen-bond acceptors (Lipinski definition) is 9. The van der Waals surface area contributed by atoms with Crippen LogP contribution < -0.4 is 9.75 Å². The number of hydrogen-bond donors (Lipinski definition) is 1. The van der Waals surface area contributed by atoms with Gasteiger partial charge in [-0.05, 0) is 53.9 Å². The lowest BCUT2D eigenvalue weighted by Crippen LogP contribution is -2.38. The second-order valence-electron chi connectivity index (χ2n) is 8.90. The molecule has 0 bridgehead atoms. The Balaban J connectivity index is 1.42. The molecular weight excluding hydrogens is 536 g/mol. The van der Waals surface area contributed by atoms with E-state index in [1.807, 2.05) is 6.07 Å². The molecule has 0 N–H and O–H groups in total. The predicted molar refractivity (Wildman–Crippen MR) is 152 cm³/mol. The second-order valence-corrected chi connectivity index (χ2v) is 9.63. The highest BCUT2D eigenvalue weighted by Gasteiger charge is 2.34. The first kappa shape index (κ1) is 28.4. The topological polar surface area (TPSA) is 124 Å². The lowest BCUT2D eigenvalue weighted by atomic mass is 10.2. The third-order valence-electron chi connectivity index (χ3n) is 6.11. The molecule has 0 saturated carbocycles. The highest BCUT2D eigenvalue weighted by Crippen LogP contribution is 2.24. The average molecular weight is 565 g/mol. The van der Waals surface area contributed by atoms with Gasteiger partial charge >= 0.3 is 12.2 Å². The number of rotatable bonds is 9. The summed E-state index contributed by atoms with van der Waals surface area (Å²) in [5.41, 5.74) is 1.84.